The topological polar surface area (TPSA) is 59.2 Å². The predicted molar refractivity (Wildman–Crippen MR) is 107 cm³/mol. The van der Waals surface area contributed by atoms with Gasteiger partial charge in [-0.2, -0.15) is 0 Å². The Morgan fingerprint density at radius 3 is 2.52 bits per heavy atom. The highest BCUT2D eigenvalue weighted by molar-refractivity contribution is 7.99. The van der Waals surface area contributed by atoms with Gasteiger partial charge in [0.05, 0.1) is 16.2 Å². The van der Waals surface area contributed by atoms with E-state index in [4.69, 9.17) is 27.9 Å². The molecule has 8 heteroatoms. The molecule has 0 bridgehead atoms. The molecule has 5 rings (SSSR count). The van der Waals surface area contributed by atoms with Crippen LogP contribution in [0.4, 0.5) is 0 Å². The van der Waals surface area contributed by atoms with Gasteiger partial charge in [0.2, 0.25) is 0 Å². The lowest BCUT2D eigenvalue weighted by atomic mass is 9.78. The Kier molecular flexibility index (Phi) is 4.13. The number of aromatic amines is 1. The number of rotatable bonds is 1. The van der Waals surface area contributed by atoms with E-state index < -0.39 is 5.92 Å². The minimum absolute atomic E-state index is 0.134. The zero-order chi connectivity index (χ0) is 18.7. The van der Waals surface area contributed by atoms with Gasteiger partial charge in [0, 0.05) is 26.4 Å². The van der Waals surface area contributed by atoms with Gasteiger partial charge < -0.3 is 9.72 Å². The molecule has 0 amide bonds. The van der Waals surface area contributed by atoms with E-state index in [-0.39, 0.29) is 22.0 Å². The van der Waals surface area contributed by atoms with Crippen LogP contribution >= 0.6 is 46.3 Å². The van der Waals surface area contributed by atoms with Crippen molar-refractivity contribution in [3.63, 3.8) is 0 Å². The molecule has 0 saturated carbocycles. The van der Waals surface area contributed by atoms with Crippen LogP contribution in [0.3, 0.4) is 0 Å². The van der Waals surface area contributed by atoms with Gasteiger partial charge in [-0.1, -0.05) is 58.4 Å². The fraction of sp³-hybridized carbons (Fsp3) is 0.158. The maximum absolute atomic E-state index is 13.0. The number of esters is 1. The van der Waals surface area contributed by atoms with E-state index in [0.29, 0.717) is 15.8 Å². The molecular weight excluding hydrogens is 425 g/mol. The fourth-order valence-corrected chi connectivity index (χ4v) is 6.60. The summed E-state index contributed by atoms with van der Waals surface area (Å²) in [6, 6.07) is 12.7. The lowest BCUT2D eigenvalue weighted by molar-refractivity contribution is -0.140. The third-order valence-electron chi connectivity index (χ3n) is 4.84. The van der Waals surface area contributed by atoms with Crippen LogP contribution in [0.5, 0.6) is 5.75 Å². The fourth-order valence-electron chi connectivity index (χ4n) is 3.71. The first-order chi connectivity index (χ1) is 13.0. The number of hydrogen-bond acceptors (Lipinski definition) is 5. The zero-order valence-electron chi connectivity index (χ0n) is 13.6. The summed E-state index contributed by atoms with van der Waals surface area (Å²) in [6.07, 6.45) is 0. The van der Waals surface area contributed by atoms with Gasteiger partial charge in [-0.25, -0.2) is 0 Å². The largest absolute Gasteiger partial charge is 0.426 e. The molecule has 0 aliphatic carbocycles. The minimum atomic E-state index is -0.457. The summed E-state index contributed by atoms with van der Waals surface area (Å²) in [5.74, 6) is -0.533. The van der Waals surface area contributed by atoms with E-state index in [0.717, 1.165) is 32.4 Å². The highest BCUT2D eigenvalue weighted by Gasteiger charge is 2.49. The second-order valence-electron chi connectivity index (χ2n) is 6.40. The first kappa shape index (κ1) is 17.4. The molecule has 3 aromatic rings. The number of fused-ring (bicyclic) bond motifs is 5. The van der Waals surface area contributed by atoms with Crippen molar-refractivity contribution >= 4 is 52.3 Å². The third-order valence-corrected chi connectivity index (χ3v) is 7.80. The lowest BCUT2D eigenvalue weighted by Crippen LogP contribution is -2.37. The number of hydrogen-bond donors (Lipinski definition) is 1. The van der Waals surface area contributed by atoms with E-state index in [1.54, 1.807) is 24.3 Å². The van der Waals surface area contributed by atoms with Gasteiger partial charge in [0.1, 0.15) is 5.75 Å². The predicted octanol–water partition coefficient (Wildman–Crippen LogP) is 5.26. The van der Waals surface area contributed by atoms with Gasteiger partial charge in [-0.05, 0) is 35.9 Å². The number of carbonyl (C=O) groups excluding carboxylic acids is 1. The van der Waals surface area contributed by atoms with Crippen molar-refractivity contribution in [3.05, 3.63) is 78.2 Å². The van der Waals surface area contributed by atoms with Gasteiger partial charge in [-0.15, -0.1) is 0 Å². The Labute approximate surface area is 172 Å². The summed E-state index contributed by atoms with van der Waals surface area (Å²) >= 11 is 14.9. The summed E-state index contributed by atoms with van der Waals surface area (Å²) < 4.78 is 5.63. The van der Waals surface area contributed by atoms with Crippen LogP contribution in [0.2, 0.25) is 10.0 Å². The molecule has 27 heavy (non-hydrogen) atoms. The molecule has 2 aliphatic rings. The number of ether oxygens (including phenoxy) is 1. The standard InChI is InChI=1S/C19H11Cl2NO3S2/c20-9-3-1-8(2-4-9)15-14-13(16-17(26-15)22-19(24)27-16)11-7-10(21)5-6-12(11)25-18(14)23/h1-7,13-15H,(H,22,24)/t13-,14-,15+/m1/s1. The maximum Gasteiger partial charge on any atom is 0.316 e. The number of halogens is 2. The van der Waals surface area contributed by atoms with E-state index in [2.05, 4.69) is 4.98 Å². The first-order valence-electron chi connectivity index (χ1n) is 8.17. The van der Waals surface area contributed by atoms with E-state index in [9.17, 15) is 9.59 Å². The van der Waals surface area contributed by atoms with E-state index in [1.807, 2.05) is 18.2 Å². The molecule has 2 aromatic carbocycles. The molecule has 3 heterocycles. The number of H-pyrrole nitrogens is 1. The Morgan fingerprint density at radius 2 is 1.74 bits per heavy atom. The van der Waals surface area contributed by atoms with Crippen molar-refractivity contribution in [2.45, 2.75) is 16.2 Å². The van der Waals surface area contributed by atoms with Gasteiger partial charge in [0.25, 0.3) is 0 Å². The minimum Gasteiger partial charge on any atom is -0.426 e. The van der Waals surface area contributed by atoms with Crippen LogP contribution in [0.25, 0.3) is 0 Å². The van der Waals surface area contributed by atoms with Crippen molar-refractivity contribution in [1.29, 1.82) is 0 Å². The molecule has 1 aromatic heterocycles. The number of benzene rings is 2. The maximum atomic E-state index is 13.0. The SMILES string of the molecule is O=C1Oc2ccc(Cl)cc2[C@H]2c3sc(=O)[nH]c3S[C@@H](c3ccc(Cl)cc3)[C@H]12. The van der Waals surface area contributed by atoms with Crippen LogP contribution < -0.4 is 9.61 Å². The van der Waals surface area contributed by atoms with Crippen molar-refractivity contribution in [2.24, 2.45) is 5.92 Å². The van der Waals surface area contributed by atoms with Crippen LogP contribution in [-0.4, -0.2) is 11.0 Å². The average Bonchev–Trinajstić information content (AvgIpc) is 3.02. The van der Waals surface area contributed by atoms with Gasteiger partial charge in [0.15, 0.2) is 0 Å². The number of thioether (sulfide) groups is 1. The molecular formula is C19H11Cl2NO3S2. The van der Waals surface area contributed by atoms with Crippen molar-refractivity contribution < 1.29 is 9.53 Å². The average molecular weight is 436 g/mol. The van der Waals surface area contributed by atoms with Crippen molar-refractivity contribution in [3.8, 4) is 5.75 Å². The summed E-state index contributed by atoms with van der Waals surface area (Å²) in [4.78, 5) is 28.7. The molecule has 0 spiro atoms. The lowest BCUT2D eigenvalue weighted by Gasteiger charge is -2.39. The van der Waals surface area contributed by atoms with E-state index >= 15 is 0 Å². The zero-order valence-corrected chi connectivity index (χ0v) is 16.7. The second kappa shape index (κ2) is 6.41. The number of nitrogens with one attached hydrogen (secondary N) is 1. The molecule has 0 unspecified atom stereocenters. The van der Waals surface area contributed by atoms with Crippen LogP contribution in [0.1, 0.15) is 27.2 Å². The molecule has 3 atom stereocenters. The summed E-state index contributed by atoms with van der Waals surface area (Å²) in [5.41, 5.74) is 1.79. The molecule has 136 valence electrons. The quantitative estimate of drug-likeness (QED) is 0.418. The van der Waals surface area contributed by atoms with Crippen LogP contribution in [0.15, 0.2) is 52.3 Å². The summed E-state index contributed by atoms with van der Waals surface area (Å²) in [5, 5.41) is 1.79. The Hall–Kier alpha value is -1.73. The van der Waals surface area contributed by atoms with E-state index in [1.165, 1.54) is 11.8 Å². The molecule has 0 radical (unpaired) electrons. The van der Waals surface area contributed by atoms with Gasteiger partial charge in [-0.3, -0.25) is 9.59 Å². The first-order valence-corrected chi connectivity index (χ1v) is 10.6. The van der Waals surface area contributed by atoms with Crippen molar-refractivity contribution in [1.82, 2.24) is 4.98 Å². The smallest absolute Gasteiger partial charge is 0.316 e. The summed E-state index contributed by atoms with van der Waals surface area (Å²) in [6.45, 7) is 0. The molecule has 0 fully saturated rings. The Morgan fingerprint density at radius 1 is 1.00 bits per heavy atom. The Bertz CT molecular complexity index is 1120. The molecule has 4 nitrogen and oxygen atoms in total. The normalized spacial score (nSPS) is 23.2. The highest BCUT2D eigenvalue weighted by Crippen LogP contribution is 2.58. The van der Waals surface area contributed by atoms with Crippen LogP contribution in [-0.2, 0) is 4.79 Å². The monoisotopic (exact) mass is 435 g/mol. The molecule has 1 N–H and O–H groups in total. The highest BCUT2D eigenvalue weighted by atomic mass is 35.5. The van der Waals surface area contributed by atoms with Crippen molar-refractivity contribution in [2.75, 3.05) is 0 Å². The third kappa shape index (κ3) is 2.83. The summed E-state index contributed by atoms with van der Waals surface area (Å²) in [7, 11) is 0. The molecule has 0 saturated heterocycles. The Balaban J connectivity index is 1.74. The number of carbonyl (C=O) groups is 1. The van der Waals surface area contributed by atoms with Crippen LogP contribution in [0, 0.1) is 5.92 Å². The second-order valence-corrected chi connectivity index (χ2v) is 9.44. The molecule has 2 aliphatic heterocycles. The number of thiazole rings is 1. The number of aromatic nitrogens is 1. The van der Waals surface area contributed by atoms with Gasteiger partial charge >= 0.3 is 10.8 Å².